The Balaban J connectivity index is 1.60. The van der Waals surface area contributed by atoms with Crippen molar-refractivity contribution in [3.8, 4) is 23.0 Å². The van der Waals surface area contributed by atoms with Gasteiger partial charge in [-0.05, 0) is 29.8 Å². The topological polar surface area (TPSA) is 130 Å². The zero-order valence-electron chi connectivity index (χ0n) is 16.7. The highest BCUT2D eigenvalue weighted by Crippen LogP contribution is 2.37. The summed E-state index contributed by atoms with van der Waals surface area (Å²) in [7, 11) is 3.02. The summed E-state index contributed by atoms with van der Waals surface area (Å²) in [6.07, 6.45) is 1.24. The first-order chi connectivity index (χ1) is 15.1. The average molecular weight is 425 g/mol. The van der Waals surface area contributed by atoms with E-state index in [2.05, 4.69) is 20.6 Å². The molecule has 2 aromatic carbocycles. The van der Waals surface area contributed by atoms with Crippen molar-refractivity contribution in [3.05, 3.63) is 58.4 Å². The molecule has 4 rings (SSSR count). The molecule has 0 aliphatic carbocycles. The molecule has 0 radical (unpaired) electrons. The third-order valence-corrected chi connectivity index (χ3v) is 4.56. The normalized spacial score (nSPS) is 11.7. The molecule has 1 aliphatic rings. The Labute approximate surface area is 177 Å². The zero-order valence-corrected chi connectivity index (χ0v) is 16.7. The van der Waals surface area contributed by atoms with E-state index < -0.39 is 4.92 Å². The molecular weight excluding hydrogens is 406 g/mol. The van der Waals surface area contributed by atoms with Gasteiger partial charge in [-0.1, -0.05) is 6.07 Å². The lowest BCUT2D eigenvalue weighted by atomic mass is 10.2. The van der Waals surface area contributed by atoms with Gasteiger partial charge in [0.15, 0.2) is 11.5 Å². The number of nitrogens with one attached hydrogen (secondary N) is 2. The number of aromatic nitrogens is 2. The third kappa shape index (κ3) is 4.20. The van der Waals surface area contributed by atoms with Gasteiger partial charge in [0.05, 0.1) is 24.8 Å². The van der Waals surface area contributed by atoms with Crippen LogP contribution in [0.4, 0.5) is 23.0 Å². The van der Waals surface area contributed by atoms with Crippen LogP contribution in [0.15, 0.2) is 42.7 Å². The molecule has 0 bridgehead atoms. The Kier molecular flexibility index (Phi) is 5.56. The lowest BCUT2D eigenvalue weighted by molar-refractivity contribution is -0.383. The van der Waals surface area contributed by atoms with Crippen LogP contribution in [0.5, 0.6) is 23.0 Å². The fourth-order valence-electron chi connectivity index (χ4n) is 3.05. The van der Waals surface area contributed by atoms with Crippen molar-refractivity contribution in [2.45, 2.75) is 6.54 Å². The predicted molar refractivity (Wildman–Crippen MR) is 111 cm³/mol. The summed E-state index contributed by atoms with van der Waals surface area (Å²) in [6, 6.07) is 10.5. The molecule has 3 aromatic rings. The molecule has 2 heterocycles. The van der Waals surface area contributed by atoms with Crippen molar-refractivity contribution in [1.82, 2.24) is 9.97 Å². The second kappa shape index (κ2) is 8.61. The molecule has 11 nitrogen and oxygen atoms in total. The van der Waals surface area contributed by atoms with E-state index in [0.717, 1.165) is 5.56 Å². The zero-order chi connectivity index (χ0) is 21.8. The molecule has 0 spiro atoms. The highest BCUT2D eigenvalue weighted by molar-refractivity contribution is 5.76. The van der Waals surface area contributed by atoms with Gasteiger partial charge >= 0.3 is 5.69 Å². The smallest absolute Gasteiger partial charge is 0.353 e. The van der Waals surface area contributed by atoms with Crippen molar-refractivity contribution in [3.63, 3.8) is 0 Å². The van der Waals surface area contributed by atoms with Gasteiger partial charge in [-0.3, -0.25) is 10.1 Å². The van der Waals surface area contributed by atoms with Crippen LogP contribution in [0.25, 0.3) is 0 Å². The number of benzene rings is 2. The van der Waals surface area contributed by atoms with E-state index in [0.29, 0.717) is 28.7 Å². The van der Waals surface area contributed by atoms with E-state index in [1.807, 2.05) is 12.1 Å². The molecule has 160 valence electrons. The van der Waals surface area contributed by atoms with E-state index in [1.54, 1.807) is 24.3 Å². The molecule has 2 N–H and O–H groups in total. The van der Waals surface area contributed by atoms with Crippen molar-refractivity contribution >= 4 is 23.0 Å². The quantitative estimate of drug-likeness (QED) is 0.408. The maximum Gasteiger partial charge on any atom is 0.353 e. The molecular formula is C20H19N5O6. The van der Waals surface area contributed by atoms with Crippen LogP contribution in [0.2, 0.25) is 0 Å². The fourth-order valence-corrected chi connectivity index (χ4v) is 3.05. The number of fused-ring (bicyclic) bond motifs is 1. The van der Waals surface area contributed by atoms with Crippen molar-refractivity contribution in [1.29, 1.82) is 0 Å². The lowest BCUT2D eigenvalue weighted by Crippen LogP contribution is -2.08. The summed E-state index contributed by atoms with van der Waals surface area (Å²) in [6.45, 7) is 0.461. The van der Waals surface area contributed by atoms with Crippen LogP contribution in [0.1, 0.15) is 5.56 Å². The second-order valence-corrected chi connectivity index (χ2v) is 6.41. The van der Waals surface area contributed by atoms with Crippen molar-refractivity contribution in [2.75, 3.05) is 31.6 Å². The van der Waals surface area contributed by atoms with Crippen LogP contribution in [0.3, 0.4) is 0 Å². The second-order valence-electron chi connectivity index (χ2n) is 6.41. The van der Waals surface area contributed by atoms with Gasteiger partial charge < -0.3 is 29.6 Å². The molecule has 0 fully saturated rings. The van der Waals surface area contributed by atoms with Crippen LogP contribution >= 0.6 is 0 Å². The number of hydrogen-bond donors (Lipinski definition) is 2. The van der Waals surface area contributed by atoms with Gasteiger partial charge in [-0.2, -0.15) is 0 Å². The Hall–Kier alpha value is -4.28. The minimum absolute atomic E-state index is 0.0136. The molecule has 31 heavy (non-hydrogen) atoms. The molecule has 0 atom stereocenters. The van der Waals surface area contributed by atoms with Gasteiger partial charge in [0.25, 0.3) is 0 Å². The number of nitro groups is 1. The average Bonchev–Trinajstić information content (AvgIpc) is 3.25. The first kappa shape index (κ1) is 20.0. The SMILES string of the molecule is COc1ccc(OC)c(Nc2ncnc(NCc3ccc4c(c3)OCO4)c2[N+](=O)[O-])c1. The number of anilines is 3. The van der Waals surface area contributed by atoms with Gasteiger partial charge in [-0.25, -0.2) is 9.97 Å². The Morgan fingerprint density at radius 3 is 2.65 bits per heavy atom. The molecule has 0 saturated heterocycles. The van der Waals surface area contributed by atoms with E-state index >= 15 is 0 Å². The number of nitrogens with zero attached hydrogens (tertiary/aromatic N) is 3. The minimum Gasteiger partial charge on any atom is -0.497 e. The molecule has 1 aliphatic heterocycles. The van der Waals surface area contributed by atoms with E-state index in [9.17, 15) is 10.1 Å². The first-order valence-corrected chi connectivity index (χ1v) is 9.20. The van der Waals surface area contributed by atoms with Crippen LogP contribution < -0.4 is 29.6 Å². The number of rotatable bonds is 8. The summed E-state index contributed by atoms with van der Waals surface area (Å²) >= 11 is 0. The molecule has 1 aromatic heterocycles. The van der Waals surface area contributed by atoms with Crippen LogP contribution in [-0.2, 0) is 6.54 Å². The Morgan fingerprint density at radius 2 is 1.87 bits per heavy atom. The Bertz CT molecular complexity index is 1120. The minimum atomic E-state index is -0.545. The van der Waals surface area contributed by atoms with Gasteiger partial charge in [0.2, 0.25) is 18.4 Å². The standard InChI is InChI=1S/C20H19N5O6/c1-28-13-4-6-15(29-2)14(8-13)24-20-18(25(26)27)19(22-10-23-20)21-9-12-3-5-16-17(7-12)31-11-30-16/h3-8,10H,9,11H2,1-2H3,(H2,21,22,23,24). The summed E-state index contributed by atoms with van der Waals surface area (Å²) in [5.74, 6) is 2.41. The molecule has 0 amide bonds. The highest BCUT2D eigenvalue weighted by Gasteiger charge is 2.24. The molecule has 11 heteroatoms. The summed E-state index contributed by atoms with van der Waals surface area (Å²) in [5, 5.41) is 17.8. The Morgan fingerprint density at radius 1 is 1.06 bits per heavy atom. The van der Waals surface area contributed by atoms with Gasteiger partial charge in [-0.15, -0.1) is 0 Å². The summed E-state index contributed by atoms with van der Waals surface area (Å²) < 4.78 is 21.2. The van der Waals surface area contributed by atoms with Crippen molar-refractivity contribution in [2.24, 2.45) is 0 Å². The molecule has 0 saturated carbocycles. The van der Waals surface area contributed by atoms with E-state index in [1.165, 1.54) is 20.5 Å². The van der Waals surface area contributed by atoms with E-state index in [-0.39, 0.29) is 30.7 Å². The maximum absolute atomic E-state index is 11.8. The maximum atomic E-state index is 11.8. The largest absolute Gasteiger partial charge is 0.497 e. The van der Waals surface area contributed by atoms with Crippen LogP contribution in [-0.4, -0.2) is 35.9 Å². The summed E-state index contributed by atoms with van der Waals surface area (Å²) in [5.41, 5.74) is 1.01. The van der Waals surface area contributed by atoms with Gasteiger partial charge in [0, 0.05) is 12.6 Å². The number of hydrogen-bond acceptors (Lipinski definition) is 10. The third-order valence-electron chi connectivity index (χ3n) is 4.56. The lowest BCUT2D eigenvalue weighted by Gasteiger charge is -2.13. The number of ether oxygens (including phenoxy) is 4. The van der Waals surface area contributed by atoms with Crippen LogP contribution in [0, 0.1) is 10.1 Å². The number of methoxy groups -OCH3 is 2. The van der Waals surface area contributed by atoms with Gasteiger partial charge in [0.1, 0.15) is 17.8 Å². The summed E-state index contributed by atoms with van der Waals surface area (Å²) in [4.78, 5) is 19.4. The highest BCUT2D eigenvalue weighted by atomic mass is 16.7. The monoisotopic (exact) mass is 425 g/mol. The van der Waals surface area contributed by atoms with E-state index in [4.69, 9.17) is 18.9 Å². The first-order valence-electron chi connectivity index (χ1n) is 9.20. The molecule has 0 unspecified atom stereocenters. The fraction of sp³-hybridized carbons (Fsp3) is 0.200. The van der Waals surface area contributed by atoms with Crippen molar-refractivity contribution < 1.29 is 23.9 Å². The predicted octanol–water partition coefficient (Wildman–Crippen LogP) is 3.49.